The normalized spacial score (nSPS) is 13.0. The topological polar surface area (TPSA) is 129 Å². The molecule has 1 aromatic carbocycles. The maximum Gasteiger partial charge on any atom is 0.337 e. The summed E-state index contributed by atoms with van der Waals surface area (Å²) in [5, 5.41) is 17.3. The SMILES string of the molecule is C1CCC1.O=C(O)c1cccc(C(=O)O)c1S(=O)(=O)O.P. The van der Waals surface area contributed by atoms with Gasteiger partial charge in [-0.15, -0.1) is 0 Å². The highest BCUT2D eigenvalue weighted by Gasteiger charge is 2.26. The van der Waals surface area contributed by atoms with Crippen LogP contribution in [0.3, 0.4) is 0 Å². The van der Waals surface area contributed by atoms with E-state index < -0.39 is 38.1 Å². The van der Waals surface area contributed by atoms with Gasteiger partial charge >= 0.3 is 11.9 Å². The van der Waals surface area contributed by atoms with Crippen LogP contribution >= 0.6 is 9.90 Å². The minimum Gasteiger partial charge on any atom is -0.478 e. The Morgan fingerprint density at radius 2 is 1.24 bits per heavy atom. The molecule has 9 heteroatoms. The van der Waals surface area contributed by atoms with E-state index in [9.17, 15) is 18.0 Å². The number of hydrogen-bond acceptors (Lipinski definition) is 4. The van der Waals surface area contributed by atoms with Crippen LogP contribution in [0.1, 0.15) is 46.4 Å². The van der Waals surface area contributed by atoms with Crippen LogP contribution in [0.4, 0.5) is 0 Å². The molecule has 7 nitrogen and oxygen atoms in total. The second-order valence-corrected chi connectivity index (χ2v) is 5.54. The van der Waals surface area contributed by atoms with Crippen LogP contribution in [0.15, 0.2) is 23.1 Å². The second kappa shape index (κ2) is 8.07. The maximum atomic E-state index is 10.9. The lowest BCUT2D eigenvalue weighted by Gasteiger charge is -2.05. The standard InChI is InChI=1S/C8H6O7S.C4H8.H3P/c9-7(10)4-2-1-3-5(8(11)12)6(4)16(13,14)15;1-2-4-3-1;/h1-3H,(H,9,10)(H,11,12)(H,13,14,15);1-4H2;1H3. The summed E-state index contributed by atoms with van der Waals surface area (Å²) in [4.78, 5) is 20.2. The molecule has 0 aromatic heterocycles. The Morgan fingerprint density at radius 1 is 0.905 bits per heavy atom. The van der Waals surface area contributed by atoms with Gasteiger partial charge in [0, 0.05) is 0 Å². The molecule has 0 aliphatic heterocycles. The third-order valence-electron chi connectivity index (χ3n) is 2.73. The van der Waals surface area contributed by atoms with Gasteiger partial charge < -0.3 is 10.2 Å². The van der Waals surface area contributed by atoms with E-state index in [2.05, 4.69) is 0 Å². The van der Waals surface area contributed by atoms with Crippen molar-refractivity contribution in [3.8, 4) is 0 Å². The number of aromatic carboxylic acids is 2. The van der Waals surface area contributed by atoms with Crippen LogP contribution in [0.2, 0.25) is 0 Å². The first-order valence-electron chi connectivity index (χ1n) is 5.82. The van der Waals surface area contributed by atoms with E-state index in [1.165, 1.54) is 25.7 Å². The molecule has 1 aromatic rings. The smallest absolute Gasteiger partial charge is 0.337 e. The van der Waals surface area contributed by atoms with Gasteiger partial charge in [0.05, 0.1) is 11.1 Å². The highest BCUT2D eigenvalue weighted by atomic mass is 32.2. The molecular formula is C12H17O7PS. The highest BCUT2D eigenvalue weighted by Crippen LogP contribution is 2.20. The van der Waals surface area contributed by atoms with Gasteiger partial charge in [-0.05, 0) is 12.1 Å². The van der Waals surface area contributed by atoms with E-state index in [1.54, 1.807) is 0 Å². The van der Waals surface area contributed by atoms with Crippen molar-refractivity contribution in [2.24, 2.45) is 0 Å². The fraction of sp³-hybridized carbons (Fsp3) is 0.333. The Balaban J connectivity index is 0.000000687. The second-order valence-electron chi connectivity index (χ2n) is 4.18. The number of hydrogen-bond donors (Lipinski definition) is 3. The van der Waals surface area contributed by atoms with Crippen molar-refractivity contribution >= 4 is 32.0 Å². The van der Waals surface area contributed by atoms with Gasteiger partial charge in [0.2, 0.25) is 0 Å². The number of carbonyl (C=O) groups is 2. The van der Waals surface area contributed by atoms with Gasteiger partial charge in [0.25, 0.3) is 10.1 Å². The molecule has 0 radical (unpaired) electrons. The molecule has 1 saturated carbocycles. The minimum absolute atomic E-state index is 0. The van der Waals surface area contributed by atoms with Crippen LogP contribution in [0, 0.1) is 0 Å². The van der Waals surface area contributed by atoms with Gasteiger partial charge in [-0.2, -0.15) is 18.3 Å². The van der Waals surface area contributed by atoms with Crippen LogP contribution in [-0.2, 0) is 10.1 Å². The first-order valence-corrected chi connectivity index (χ1v) is 7.26. The van der Waals surface area contributed by atoms with Crippen molar-refractivity contribution in [3.63, 3.8) is 0 Å². The van der Waals surface area contributed by atoms with Gasteiger partial charge in [0.1, 0.15) is 4.90 Å². The summed E-state index contributed by atoms with van der Waals surface area (Å²) in [6.07, 6.45) is 6.00. The molecule has 0 saturated heterocycles. The Bertz CT molecular complexity index is 584. The minimum atomic E-state index is -4.92. The summed E-state index contributed by atoms with van der Waals surface area (Å²) in [5.41, 5.74) is -1.58. The Morgan fingerprint density at radius 3 is 1.43 bits per heavy atom. The molecule has 0 amide bonds. The molecule has 3 N–H and O–H groups in total. The lowest BCUT2D eigenvalue weighted by atomic mass is 10.0. The largest absolute Gasteiger partial charge is 0.478 e. The van der Waals surface area contributed by atoms with Crippen molar-refractivity contribution in [3.05, 3.63) is 29.3 Å². The maximum absolute atomic E-state index is 10.9. The summed E-state index contributed by atoms with van der Waals surface area (Å²) < 4.78 is 30.6. The van der Waals surface area contributed by atoms with Gasteiger partial charge in [-0.25, -0.2) is 9.59 Å². The van der Waals surface area contributed by atoms with Crippen LogP contribution in [0.25, 0.3) is 0 Å². The summed E-state index contributed by atoms with van der Waals surface area (Å²) in [5.74, 6) is -3.29. The van der Waals surface area contributed by atoms with Crippen molar-refractivity contribution in [1.29, 1.82) is 0 Å². The van der Waals surface area contributed by atoms with Crippen molar-refractivity contribution in [2.45, 2.75) is 30.6 Å². The lowest BCUT2D eigenvalue weighted by molar-refractivity contribution is 0.0688. The van der Waals surface area contributed by atoms with E-state index >= 15 is 0 Å². The average Bonchev–Trinajstić information content (AvgIpc) is 2.24. The fourth-order valence-electron chi connectivity index (χ4n) is 1.40. The van der Waals surface area contributed by atoms with Gasteiger partial charge in [-0.1, -0.05) is 31.7 Å². The highest BCUT2D eigenvalue weighted by molar-refractivity contribution is 7.86. The van der Waals surface area contributed by atoms with Gasteiger partial charge in [-0.3, -0.25) is 4.55 Å². The first-order chi connectivity index (χ1) is 9.25. The molecule has 1 aliphatic carbocycles. The number of benzene rings is 1. The van der Waals surface area contributed by atoms with Crippen LogP contribution < -0.4 is 0 Å². The fourth-order valence-corrected chi connectivity index (χ4v) is 2.27. The molecule has 1 unspecified atom stereocenters. The number of carboxylic acids is 2. The zero-order valence-electron chi connectivity index (χ0n) is 11.2. The van der Waals surface area contributed by atoms with Crippen molar-refractivity contribution < 1.29 is 32.8 Å². The summed E-state index contributed by atoms with van der Waals surface area (Å²) in [7, 11) is -4.92. The van der Waals surface area contributed by atoms with Gasteiger partial charge in [0.15, 0.2) is 0 Å². The quantitative estimate of drug-likeness (QED) is 0.568. The molecule has 21 heavy (non-hydrogen) atoms. The Labute approximate surface area is 125 Å². The molecule has 2 rings (SSSR count). The van der Waals surface area contributed by atoms with Crippen molar-refractivity contribution in [1.82, 2.24) is 0 Å². The van der Waals surface area contributed by atoms with E-state index in [-0.39, 0.29) is 9.90 Å². The average molecular weight is 336 g/mol. The van der Waals surface area contributed by atoms with Crippen molar-refractivity contribution in [2.75, 3.05) is 0 Å². The molecule has 0 bridgehead atoms. The summed E-state index contributed by atoms with van der Waals surface area (Å²) >= 11 is 0. The molecule has 1 fully saturated rings. The predicted octanol–water partition coefficient (Wildman–Crippen LogP) is 1.95. The number of rotatable bonds is 3. The third-order valence-corrected chi connectivity index (χ3v) is 3.69. The zero-order chi connectivity index (χ0) is 15.3. The Hall–Kier alpha value is -1.50. The molecule has 0 spiro atoms. The summed E-state index contributed by atoms with van der Waals surface area (Å²) in [6.45, 7) is 0. The third kappa shape index (κ3) is 5.41. The first kappa shape index (κ1) is 19.5. The summed E-state index contributed by atoms with van der Waals surface area (Å²) in [6, 6.07) is 2.84. The number of carboxylic acid groups (broad SMARTS) is 2. The van der Waals surface area contributed by atoms with Crippen LogP contribution in [0.5, 0.6) is 0 Å². The van der Waals surface area contributed by atoms with E-state index in [0.717, 1.165) is 18.2 Å². The predicted molar refractivity (Wildman–Crippen MR) is 79.7 cm³/mol. The Kier molecular flexibility index (Phi) is 7.49. The molecule has 1 aliphatic rings. The lowest BCUT2D eigenvalue weighted by Crippen LogP contribution is -2.14. The molecular weight excluding hydrogens is 319 g/mol. The molecule has 1 atom stereocenters. The van der Waals surface area contributed by atoms with E-state index in [0.29, 0.717) is 0 Å². The molecule has 0 heterocycles. The molecule has 118 valence electrons. The zero-order valence-corrected chi connectivity index (χ0v) is 13.4. The van der Waals surface area contributed by atoms with E-state index in [1.807, 2.05) is 0 Å². The van der Waals surface area contributed by atoms with E-state index in [4.69, 9.17) is 14.8 Å². The van der Waals surface area contributed by atoms with Crippen LogP contribution in [-0.4, -0.2) is 35.1 Å². The monoisotopic (exact) mass is 336 g/mol.